The third-order valence-corrected chi connectivity index (χ3v) is 3.30. The van der Waals surface area contributed by atoms with E-state index in [0.717, 1.165) is 12.1 Å². The molecular weight excluding hydrogens is 311 g/mol. The van der Waals surface area contributed by atoms with Gasteiger partial charge in [0.05, 0.1) is 12.0 Å². The monoisotopic (exact) mass is 323 g/mol. The van der Waals surface area contributed by atoms with E-state index in [1.54, 1.807) is 18.2 Å². The van der Waals surface area contributed by atoms with E-state index >= 15 is 0 Å². The molecule has 7 heteroatoms. The van der Waals surface area contributed by atoms with Crippen LogP contribution in [-0.4, -0.2) is 12.7 Å². The maximum atomic E-state index is 12.7. The van der Waals surface area contributed by atoms with Crippen LogP contribution in [0.4, 0.5) is 18.9 Å². The van der Waals surface area contributed by atoms with Crippen LogP contribution in [0.3, 0.4) is 0 Å². The largest absolute Gasteiger partial charge is 0.454 e. The van der Waals surface area contributed by atoms with Crippen LogP contribution in [0.2, 0.25) is 0 Å². The molecule has 0 fully saturated rings. The van der Waals surface area contributed by atoms with Crippen LogP contribution in [-0.2, 0) is 17.4 Å². The summed E-state index contributed by atoms with van der Waals surface area (Å²) in [5.74, 6) is 0.606. The first-order chi connectivity index (χ1) is 10.9. The van der Waals surface area contributed by atoms with Gasteiger partial charge in [0, 0.05) is 11.3 Å². The van der Waals surface area contributed by atoms with Crippen molar-refractivity contribution >= 4 is 11.6 Å². The Kier molecular flexibility index (Phi) is 3.85. The predicted molar refractivity (Wildman–Crippen MR) is 76.3 cm³/mol. The minimum atomic E-state index is -4.45. The number of ether oxygens (including phenoxy) is 2. The molecule has 0 aromatic heterocycles. The van der Waals surface area contributed by atoms with Gasteiger partial charge >= 0.3 is 6.18 Å². The quantitative estimate of drug-likeness (QED) is 0.938. The molecule has 0 atom stereocenters. The van der Waals surface area contributed by atoms with Gasteiger partial charge in [-0.25, -0.2) is 0 Å². The lowest BCUT2D eigenvalue weighted by Gasteiger charge is -2.10. The number of rotatable bonds is 3. The van der Waals surface area contributed by atoms with Crippen molar-refractivity contribution in [2.24, 2.45) is 0 Å². The molecule has 3 rings (SSSR count). The lowest BCUT2D eigenvalue weighted by molar-refractivity contribution is -0.137. The number of fused-ring (bicyclic) bond motifs is 1. The molecule has 0 radical (unpaired) electrons. The van der Waals surface area contributed by atoms with Gasteiger partial charge in [0.2, 0.25) is 12.7 Å². The number of alkyl halides is 3. The molecule has 23 heavy (non-hydrogen) atoms. The van der Waals surface area contributed by atoms with Crippen LogP contribution in [0.15, 0.2) is 42.5 Å². The van der Waals surface area contributed by atoms with Crippen molar-refractivity contribution in [2.45, 2.75) is 12.6 Å². The highest BCUT2D eigenvalue weighted by Crippen LogP contribution is 2.35. The summed E-state index contributed by atoms with van der Waals surface area (Å²) in [6, 6.07) is 9.64. The molecule has 0 unspecified atom stereocenters. The second kappa shape index (κ2) is 5.83. The molecule has 1 aliphatic rings. The van der Waals surface area contributed by atoms with E-state index in [2.05, 4.69) is 5.32 Å². The summed E-state index contributed by atoms with van der Waals surface area (Å²) < 4.78 is 48.5. The molecule has 2 aromatic carbocycles. The molecule has 0 bridgehead atoms. The number of amides is 1. The highest BCUT2D eigenvalue weighted by molar-refractivity contribution is 5.92. The van der Waals surface area contributed by atoms with Gasteiger partial charge in [-0.3, -0.25) is 4.79 Å². The maximum absolute atomic E-state index is 12.7. The highest BCUT2D eigenvalue weighted by Gasteiger charge is 2.30. The number of para-hydroxylation sites is 1. The normalized spacial score (nSPS) is 13.0. The van der Waals surface area contributed by atoms with Crippen molar-refractivity contribution < 1.29 is 27.4 Å². The first-order valence-corrected chi connectivity index (χ1v) is 6.78. The average Bonchev–Trinajstić information content (AvgIpc) is 2.96. The van der Waals surface area contributed by atoms with Gasteiger partial charge in [-0.2, -0.15) is 13.2 Å². The summed E-state index contributed by atoms with van der Waals surface area (Å²) in [7, 11) is 0. The Morgan fingerprint density at radius 3 is 2.70 bits per heavy atom. The van der Waals surface area contributed by atoms with Crippen LogP contribution in [0.5, 0.6) is 11.5 Å². The zero-order valence-electron chi connectivity index (χ0n) is 11.8. The Balaban J connectivity index is 1.72. The summed E-state index contributed by atoms with van der Waals surface area (Å²) in [5.41, 5.74) is -0.105. The van der Waals surface area contributed by atoms with E-state index in [-0.39, 0.29) is 18.9 Å². The Hall–Kier alpha value is -2.70. The van der Waals surface area contributed by atoms with Gasteiger partial charge in [0.1, 0.15) is 0 Å². The standard InChI is InChI=1S/C16H12F3NO3/c17-16(18,19)11-4-2-5-12(8-11)20-14(21)7-10-3-1-6-13-15(10)23-9-22-13/h1-6,8H,7,9H2,(H,20,21). The number of halogens is 3. The zero-order chi connectivity index (χ0) is 16.4. The second-order valence-electron chi connectivity index (χ2n) is 4.95. The van der Waals surface area contributed by atoms with Gasteiger partial charge in [0.25, 0.3) is 0 Å². The predicted octanol–water partition coefficient (Wildman–Crippen LogP) is 3.62. The Morgan fingerprint density at radius 2 is 1.91 bits per heavy atom. The number of benzene rings is 2. The van der Waals surface area contributed by atoms with Crippen LogP contribution >= 0.6 is 0 Å². The van der Waals surface area contributed by atoms with Crippen molar-refractivity contribution in [2.75, 3.05) is 12.1 Å². The molecule has 1 heterocycles. The number of hydrogen-bond acceptors (Lipinski definition) is 3. The van der Waals surface area contributed by atoms with Crippen LogP contribution in [0.25, 0.3) is 0 Å². The summed E-state index contributed by atoms with van der Waals surface area (Å²) in [4.78, 5) is 12.1. The average molecular weight is 323 g/mol. The SMILES string of the molecule is O=C(Cc1cccc2c1OCO2)Nc1cccc(C(F)(F)F)c1. The van der Waals surface area contributed by atoms with Gasteiger partial charge in [-0.1, -0.05) is 18.2 Å². The van der Waals surface area contributed by atoms with E-state index < -0.39 is 17.6 Å². The number of carbonyl (C=O) groups excluding carboxylic acids is 1. The third-order valence-electron chi connectivity index (χ3n) is 3.30. The van der Waals surface area contributed by atoms with Gasteiger partial charge in [-0.05, 0) is 24.3 Å². The van der Waals surface area contributed by atoms with Gasteiger partial charge in [-0.15, -0.1) is 0 Å². The van der Waals surface area contributed by atoms with Crippen molar-refractivity contribution in [3.63, 3.8) is 0 Å². The molecule has 1 aliphatic heterocycles. The summed E-state index contributed by atoms with van der Waals surface area (Å²) in [6.07, 6.45) is -4.48. The second-order valence-corrected chi connectivity index (χ2v) is 4.95. The van der Waals surface area contributed by atoms with E-state index in [1.807, 2.05) is 0 Å². The van der Waals surface area contributed by atoms with E-state index in [1.165, 1.54) is 12.1 Å². The topological polar surface area (TPSA) is 47.6 Å². The molecule has 2 aromatic rings. The number of hydrogen-bond donors (Lipinski definition) is 1. The number of carbonyl (C=O) groups is 1. The molecule has 0 aliphatic carbocycles. The molecule has 0 spiro atoms. The fraction of sp³-hybridized carbons (Fsp3) is 0.188. The summed E-state index contributed by atoms with van der Waals surface area (Å²) in [6.45, 7) is 0.0849. The molecule has 0 saturated heterocycles. The molecule has 0 saturated carbocycles. The molecule has 1 amide bonds. The highest BCUT2D eigenvalue weighted by atomic mass is 19.4. The minimum absolute atomic E-state index is 0.0250. The van der Waals surface area contributed by atoms with Crippen LogP contribution in [0.1, 0.15) is 11.1 Å². The fourth-order valence-electron chi connectivity index (χ4n) is 2.28. The Morgan fingerprint density at radius 1 is 1.13 bits per heavy atom. The smallest absolute Gasteiger partial charge is 0.416 e. The first-order valence-electron chi connectivity index (χ1n) is 6.78. The zero-order valence-corrected chi connectivity index (χ0v) is 11.8. The molecule has 1 N–H and O–H groups in total. The third kappa shape index (κ3) is 3.39. The minimum Gasteiger partial charge on any atom is -0.454 e. The van der Waals surface area contributed by atoms with E-state index in [0.29, 0.717) is 17.1 Å². The van der Waals surface area contributed by atoms with Crippen molar-refractivity contribution in [1.82, 2.24) is 0 Å². The fourth-order valence-corrected chi connectivity index (χ4v) is 2.28. The maximum Gasteiger partial charge on any atom is 0.416 e. The first kappa shape index (κ1) is 15.2. The van der Waals surface area contributed by atoms with Gasteiger partial charge < -0.3 is 14.8 Å². The summed E-state index contributed by atoms with van der Waals surface area (Å²) >= 11 is 0. The Bertz CT molecular complexity index is 744. The summed E-state index contributed by atoms with van der Waals surface area (Å²) in [5, 5.41) is 2.46. The van der Waals surface area contributed by atoms with Crippen LogP contribution < -0.4 is 14.8 Å². The van der Waals surface area contributed by atoms with Crippen molar-refractivity contribution in [3.05, 3.63) is 53.6 Å². The van der Waals surface area contributed by atoms with Crippen LogP contribution in [0, 0.1) is 0 Å². The lowest BCUT2D eigenvalue weighted by Crippen LogP contribution is -2.15. The van der Waals surface area contributed by atoms with E-state index in [9.17, 15) is 18.0 Å². The lowest BCUT2D eigenvalue weighted by atomic mass is 10.1. The molecule has 120 valence electrons. The van der Waals surface area contributed by atoms with Crippen molar-refractivity contribution in [1.29, 1.82) is 0 Å². The molecule has 4 nitrogen and oxygen atoms in total. The van der Waals surface area contributed by atoms with E-state index in [4.69, 9.17) is 9.47 Å². The van der Waals surface area contributed by atoms with Gasteiger partial charge in [0.15, 0.2) is 11.5 Å². The number of nitrogens with one attached hydrogen (secondary N) is 1. The van der Waals surface area contributed by atoms with Crippen molar-refractivity contribution in [3.8, 4) is 11.5 Å². The molecular formula is C16H12F3NO3. The Labute approximate surface area is 129 Å². The number of anilines is 1.